The minimum Gasteiger partial charge on any atom is -0.456 e. The lowest BCUT2D eigenvalue weighted by atomic mass is 10.0. The van der Waals surface area contributed by atoms with Crippen molar-refractivity contribution in [1.82, 2.24) is 18.5 Å². The predicted octanol–water partition coefficient (Wildman–Crippen LogP) is 11.0. The standard InChI is InChI=1S/C43H28N4O/c1-3-15-34-31(13-1)32-14-2-4-16-35(32)46(34)40-21-10-22-42-43(40)33-26-29(23-24-41(33)48-42)28-11-9-12-30(25-28)47-39-20-8-6-18-37(39)44-27-45(47)38-19-7-5-17-36(38)44/h1-26H,27H2. The van der Waals surface area contributed by atoms with Gasteiger partial charge in [-0.1, -0.05) is 84.9 Å². The Hall–Kier alpha value is -6.46. The summed E-state index contributed by atoms with van der Waals surface area (Å²) in [5.74, 6) is 0. The molecule has 0 saturated carbocycles. The van der Waals surface area contributed by atoms with Crippen molar-refractivity contribution in [2.45, 2.75) is 6.67 Å². The Balaban J connectivity index is 1.14. The highest BCUT2D eigenvalue weighted by Gasteiger charge is 2.21. The molecule has 0 spiro atoms. The molecule has 0 amide bonds. The molecule has 0 atom stereocenters. The van der Waals surface area contributed by atoms with Gasteiger partial charge in [-0.05, 0) is 83.9 Å². The van der Waals surface area contributed by atoms with Crippen LogP contribution in [0.4, 0.5) is 0 Å². The molecule has 0 fully saturated rings. The Morgan fingerprint density at radius 2 is 1.06 bits per heavy atom. The molecular weight excluding hydrogens is 589 g/mol. The van der Waals surface area contributed by atoms with E-state index in [1.165, 1.54) is 43.9 Å². The summed E-state index contributed by atoms with van der Waals surface area (Å²) in [5, 5.41) is 4.73. The minimum atomic E-state index is 0.777. The smallest absolute Gasteiger partial charge is 0.137 e. The average Bonchev–Trinajstić information content (AvgIpc) is 3.80. The summed E-state index contributed by atoms with van der Waals surface area (Å²) in [6, 6.07) is 56.6. The Morgan fingerprint density at radius 1 is 0.438 bits per heavy atom. The van der Waals surface area contributed by atoms with Crippen molar-refractivity contribution in [3.8, 4) is 22.5 Å². The number of aromatic nitrogens is 4. The molecule has 2 bridgehead atoms. The maximum absolute atomic E-state index is 6.50. The Bertz CT molecular complexity index is 2940. The van der Waals surface area contributed by atoms with Gasteiger partial charge in [0.1, 0.15) is 17.8 Å². The second-order valence-corrected chi connectivity index (χ2v) is 12.6. The molecule has 5 nitrogen and oxygen atoms in total. The van der Waals surface area contributed by atoms with Crippen LogP contribution in [0.15, 0.2) is 162 Å². The molecule has 10 aromatic rings. The van der Waals surface area contributed by atoms with Gasteiger partial charge in [0.15, 0.2) is 0 Å². The van der Waals surface area contributed by atoms with E-state index in [9.17, 15) is 0 Å². The Labute approximate surface area is 275 Å². The van der Waals surface area contributed by atoms with Gasteiger partial charge in [-0.25, -0.2) is 4.68 Å². The van der Waals surface area contributed by atoms with Gasteiger partial charge >= 0.3 is 0 Å². The monoisotopic (exact) mass is 616 g/mol. The van der Waals surface area contributed by atoms with Crippen molar-refractivity contribution < 1.29 is 4.42 Å². The maximum atomic E-state index is 6.50. The quantitative estimate of drug-likeness (QED) is 0.194. The molecule has 5 heteroatoms. The minimum absolute atomic E-state index is 0.777. The molecule has 0 saturated heterocycles. The number of rotatable bonds is 3. The van der Waals surface area contributed by atoms with E-state index in [-0.39, 0.29) is 0 Å². The van der Waals surface area contributed by atoms with Gasteiger partial charge < -0.3 is 13.6 Å². The van der Waals surface area contributed by atoms with Gasteiger partial charge in [0.05, 0.1) is 49.9 Å². The normalized spacial score (nSPS) is 12.5. The highest BCUT2D eigenvalue weighted by molar-refractivity contribution is 6.14. The first-order valence-electron chi connectivity index (χ1n) is 16.4. The third-order valence-electron chi connectivity index (χ3n) is 10.1. The van der Waals surface area contributed by atoms with E-state index in [0.717, 1.165) is 51.1 Å². The van der Waals surface area contributed by atoms with Crippen molar-refractivity contribution >= 4 is 65.8 Å². The highest BCUT2D eigenvalue weighted by Crippen LogP contribution is 2.40. The van der Waals surface area contributed by atoms with Crippen LogP contribution in [-0.2, 0) is 6.67 Å². The summed E-state index contributed by atoms with van der Waals surface area (Å²) in [7, 11) is 0. The van der Waals surface area contributed by atoms with Gasteiger partial charge in [-0.2, -0.15) is 0 Å². The van der Waals surface area contributed by atoms with Gasteiger partial charge in [0.25, 0.3) is 0 Å². The van der Waals surface area contributed by atoms with Crippen molar-refractivity contribution in [2.75, 3.05) is 0 Å². The number of fused-ring (bicyclic) bond motifs is 8. The molecule has 7 aromatic carbocycles. The van der Waals surface area contributed by atoms with Crippen LogP contribution in [0, 0.1) is 0 Å². The number of benzene rings is 7. The fraction of sp³-hybridized carbons (Fsp3) is 0.0233. The second-order valence-electron chi connectivity index (χ2n) is 12.6. The van der Waals surface area contributed by atoms with Crippen LogP contribution in [0.2, 0.25) is 0 Å². The number of hydrogen-bond acceptors (Lipinski definition) is 1. The van der Waals surface area contributed by atoms with Gasteiger partial charge in [-0.3, -0.25) is 4.68 Å². The molecule has 1 aliphatic heterocycles. The highest BCUT2D eigenvalue weighted by atomic mass is 16.3. The molecule has 48 heavy (non-hydrogen) atoms. The van der Waals surface area contributed by atoms with Crippen molar-refractivity contribution in [3.63, 3.8) is 0 Å². The number of hydrogen-bond donors (Lipinski definition) is 0. The maximum Gasteiger partial charge on any atom is 0.137 e. The zero-order valence-corrected chi connectivity index (χ0v) is 25.9. The second kappa shape index (κ2) is 9.53. The summed E-state index contributed by atoms with van der Waals surface area (Å²) in [6.07, 6.45) is 0. The van der Waals surface area contributed by atoms with Crippen molar-refractivity contribution in [2.24, 2.45) is 0 Å². The first kappa shape index (κ1) is 25.7. The number of nitrogens with zero attached hydrogens (tertiary/aromatic N) is 4. The van der Waals surface area contributed by atoms with Crippen LogP contribution in [0.3, 0.4) is 0 Å². The van der Waals surface area contributed by atoms with E-state index in [1.54, 1.807) is 0 Å². The van der Waals surface area contributed by atoms with Gasteiger partial charge in [0.2, 0.25) is 0 Å². The molecule has 0 radical (unpaired) electrons. The summed E-state index contributed by atoms with van der Waals surface area (Å²) < 4.78 is 16.0. The van der Waals surface area contributed by atoms with Crippen LogP contribution in [0.1, 0.15) is 0 Å². The summed E-state index contributed by atoms with van der Waals surface area (Å²) in [5.41, 5.74) is 13.5. The number of para-hydroxylation sites is 6. The van der Waals surface area contributed by atoms with Crippen molar-refractivity contribution in [1.29, 1.82) is 0 Å². The molecule has 226 valence electrons. The molecule has 11 rings (SSSR count). The predicted molar refractivity (Wildman–Crippen MR) is 197 cm³/mol. The zero-order valence-electron chi connectivity index (χ0n) is 25.9. The van der Waals surface area contributed by atoms with Crippen LogP contribution < -0.4 is 0 Å². The largest absolute Gasteiger partial charge is 0.456 e. The summed E-state index contributed by atoms with van der Waals surface area (Å²) in [4.78, 5) is 0. The van der Waals surface area contributed by atoms with E-state index in [2.05, 4.69) is 176 Å². The summed E-state index contributed by atoms with van der Waals surface area (Å²) in [6.45, 7) is 0.777. The van der Waals surface area contributed by atoms with E-state index in [0.29, 0.717) is 0 Å². The SMILES string of the molecule is c1cc(-c2ccc3oc4cccc(-n5c6ccccc6c6ccccc65)c4c3c2)cc(-n2c3ccccc3n3c4ccccc4n2C3)c1. The molecule has 4 heterocycles. The third kappa shape index (κ3) is 3.45. The van der Waals surface area contributed by atoms with E-state index in [1.807, 2.05) is 0 Å². The fourth-order valence-corrected chi connectivity index (χ4v) is 8.03. The lowest BCUT2D eigenvalue weighted by Gasteiger charge is -2.21. The zero-order chi connectivity index (χ0) is 31.3. The van der Waals surface area contributed by atoms with E-state index >= 15 is 0 Å². The fourth-order valence-electron chi connectivity index (χ4n) is 8.03. The summed E-state index contributed by atoms with van der Waals surface area (Å²) >= 11 is 0. The molecular formula is C43H28N4O. The first-order chi connectivity index (χ1) is 23.8. The van der Waals surface area contributed by atoms with Gasteiger partial charge in [-0.15, -0.1) is 0 Å². The topological polar surface area (TPSA) is 32.9 Å². The van der Waals surface area contributed by atoms with Crippen LogP contribution in [0.5, 0.6) is 0 Å². The molecule has 3 aromatic heterocycles. The Kier molecular flexibility index (Phi) is 5.10. The van der Waals surface area contributed by atoms with Crippen LogP contribution >= 0.6 is 0 Å². The van der Waals surface area contributed by atoms with E-state index < -0.39 is 0 Å². The van der Waals surface area contributed by atoms with Gasteiger partial charge in [0, 0.05) is 16.2 Å². The van der Waals surface area contributed by atoms with E-state index in [4.69, 9.17) is 4.42 Å². The Morgan fingerprint density at radius 3 is 1.83 bits per heavy atom. The van der Waals surface area contributed by atoms with Crippen molar-refractivity contribution in [3.05, 3.63) is 158 Å². The lowest BCUT2D eigenvalue weighted by molar-refractivity contribution is 0.546. The molecule has 0 aliphatic carbocycles. The molecule has 1 aliphatic rings. The lowest BCUT2D eigenvalue weighted by Crippen LogP contribution is -2.19. The van der Waals surface area contributed by atoms with Crippen LogP contribution in [0.25, 0.3) is 88.3 Å². The first-order valence-corrected chi connectivity index (χ1v) is 16.4. The van der Waals surface area contributed by atoms with Crippen LogP contribution in [-0.4, -0.2) is 18.5 Å². The molecule has 0 N–H and O–H groups in total. The average molecular weight is 617 g/mol. The number of furan rings is 1. The third-order valence-corrected chi connectivity index (χ3v) is 10.1. The molecule has 0 unspecified atom stereocenters.